The topological polar surface area (TPSA) is 125 Å². The number of thioether (sulfide) groups is 1. The molecule has 11 heteroatoms. The fourth-order valence-corrected chi connectivity index (χ4v) is 4.75. The van der Waals surface area contributed by atoms with E-state index < -0.39 is 47.6 Å². The summed E-state index contributed by atoms with van der Waals surface area (Å²) in [5, 5.41) is 9.36. The number of carbonyl (C=O) groups excluding carboxylic acids is 3. The van der Waals surface area contributed by atoms with E-state index in [1.165, 1.54) is 27.0 Å². The quantitative estimate of drug-likeness (QED) is 0.424. The number of ether oxygens (including phenoxy) is 4. The standard InChI is InChI=1S/C19H21BrN2O7S/c1-9-17(27-11(3)24)15(8-26-10(2)23)29-19(18(9)28-12(4)25)30-16-5-13(20)7-22-14(16)6-21/h5,7,9,15,17-19H,8H2,1-4H3/t9?,15?,17-,18+,19-/m1/s1. The van der Waals surface area contributed by atoms with Gasteiger partial charge in [-0.05, 0) is 22.0 Å². The van der Waals surface area contributed by atoms with Crippen molar-refractivity contribution < 1.29 is 33.3 Å². The Morgan fingerprint density at radius 2 is 1.83 bits per heavy atom. The van der Waals surface area contributed by atoms with Crippen LogP contribution in [-0.2, 0) is 33.3 Å². The van der Waals surface area contributed by atoms with Gasteiger partial charge >= 0.3 is 17.9 Å². The molecule has 2 rings (SSSR count). The summed E-state index contributed by atoms with van der Waals surface area (Å²) in [6, 6.07) is 3.71. The van der Waals surface area contributed by atoms with Gasteiger partial charge in [0.15, 0.2) is 5.69 Å². The van der Waals surface area contributed by atoms with Gasteiger partial charge in [-0.2, -0.15) is 5.26 Å². The van der Waals surface area contributed by atoms with Crippen LogP contribution >= 0.6 is 27.7 Å². The minimum Gasteiger partial charge on any atom is -0.463 e. The number of pyridine rings is 1. The highest BCUT2D eigenvalue weighted by atomic mass is 79.9. The van der Waals surface area contributed by atoms with Crippen molar-refractivity contribution in [3.63, 3.8) is 0 Å². The second kappa shape index (κ2) is 10.7. The highest BCUT2D eigenvalue weighted by Crippen LogP contribution is 2.40. The molecule has 0 amide bonds. The van der Waals surface area contributed by atoms with E-state index in [9.17, 15) is 19.6 Å². The molecule has 1 fully saturated rings. The van der Waals surface area contributed by atoms with Crippen LogP contribution in [0.25, 0.3) is 0 Å². The maximum atomic E-state index is 11.7. The minimum absolute atomic E-state index is 0.149. The molecule has 2 heterocycles. The van der Waals surface area contributed by atoms with Gasteiger partial charge in [0.1, 0.15) is 36.4 Å². The molecule has 1 saturated heterocycles. The smallest absolute Gasteiger partial charge is 0.303 e. The molecule has 0 spiro atoms. The normalized spacial score (nSPS) is 25.7. The van der Waals surface area contributed by atoms with Crippen LogP contribution < -0.4 is 0 Å². The molecule has 9 nitrogen and oxygen atoms in total. The van der Waals surface area contributed by atoms with Crippen LogP contribution in [0.3, 0.4) is 0 Å². The number of rotatable bonds is 6. The number of aromatic nitrogens is 1. The molecule has 0 aliphatic carbocycles. The summed E-state index contributed by atoms with van der Waals surface area (Å²) in [7, 11) is 0. The van der Waals surface area contributed by atoms with Crippen molar-refractivity contribution in [1.82, 2.24) is 4.98 Å². The number of carbonyl (C=O) groups is 3. The molecule has 162 valence electrons. The van der Waals surface area contributed by atoms with Gasteiger partial charge < -0.3 is 18.9 Å². The lowest BCUT2D eigenvalue weighted by atomic mass is 9.91. The molecule has 1 aromatic heterocycles. The summed E-state index contributed by atoms with van der Waals surface area (Å²) in [4.78, 5) is 39.2. The van der Waals surface area contributed by atoms with E-state index in [0.29, 0.717) is 9.37 Å². The maximum absolute atomic E-state index is 11.7. The van der Waals surface area contributed by atoms with Crippen LogP contribution in [0.5, 0.6) is 0 Å². The SMILES string of the molecule is CC(=O)OCC1O[C@H](Sc2cc(Br)cnc2C#N)[C@@H](OC(C)=O)C(C)[C@H]1OC(C)=O. The molecular weight excluding hydrogens is 480 g/mol. The molecule has 5 atom stereocenters. The number of hydrogen-bond acceptors (Lipinski definition) is 10. The van der Waals surface area contributed by atoms with E-state index >= 15 is 0 Å². The van der Waals surface area contributed by atoms with Crippen molar-refractivity contribution in [2.75, 3.05) is 6.61 Å². The van der Waals surface area contributed by atoms with Gasteiger partial charge in [-0.25, -0.2) is 4.98 Å². The van der Waals surface area contributed by atoms with Gasteiger partial charge in [0.2, 0.25) is 0 Å². The van der Waals surface area contributed by atoms with E-state index in [4.69, 9.17) is 18.9 Å². The van der Waals surface area contributed by atoms with Crippen molar-refractivity contribution in [3.05, 3.63) is 22.4 Å². The molecule has 0 aromatic carbocycles. The molecule has 0 N–H and O–H groups in total. The first-order valence-electron chi connectivity index (χ1n) is 8.98. The number of esters is 3. The predicted octanol–water partition coefficient (Wildman–Crippen LogP) is 2.60. The van der Waals surface area contributed by atoms with E-state index in [0.717, 1.165) is 11.8 Å². The number of halogens is 1. The third-order valence-electron chi connectivity index (χ3n) is 4.20. The molecule has 1 aliphatic rings. The maximum Gasteiger partial charge on any atom is 0.303 e. The molecule has 0 bridgehead atoms. The summed E-state index contributed by atoms with van der Waals surface area (Å²) in [6.45, 7) is 5.38. The van der Waals surface area contributed by atoms with Crippen molar-refractivity contribution in [3.8, 4) is 6.07 Å². The van der Waals surface area contributed by atoms with Gasteiger partial charge in [0, 0.05) is 42.3 Å². The molecule has 0 saturated carbocycles. The fourth-order valence-electron chi connectivity index (χ4n) is 2.98. The lowest BCUT2D eigenvalue weighted by molar-refractivity contribution is -0.212. The Labute approximate surface area is 186 Å². The van der Waals surface area contributed by atoms with Crippen molar-refractivity contribution in [2.45, 2.75) is 56.3 Å². The monoisotopic (exact) mass is 500 g/mol. The fraction of sp³-hybridized carbons (Fsp3) is 0.526. The van der Waals surface area contributed by atoms with Gasteiger partial charge in [0.25, 0.3) is 0 Å². The summed E-state index contributed by atoms with van der Waals surface area (Å²) in [5.74, 6) is -2.06. The van der Waals surface area contributed by atoms with Crippen LogP contribution in [0.1, 0.15) is 33.4 Å². The first-order chi connectivity index (χ1) is 14.1. The molecular formula is C19H21BrN2O7S. The minimum atomic E-state index is -0.806. The predicted molar refractivity (Wildman–Crippen MR) is 108 cm³/mol. The zero-order valence-electron chi connectivity index (χ0n) is 16.8. The van der Waals surface area contributed by atoms with E-state index in [2.05, 4.69) is 20.9 Å². The van der Waals surface area contributed by atoms with Crippen molar-refractivity contribution in [1.29, 1.82) is 5.26 Å². The van der Waals surface area contributed by atoms with Gasteiger partial charge in [0.05, 0.1) is 0 Å². The molecule has 1 aliphatic heterocycles. The average molecular weight is 501 g/mol. The Balaban J connectivity index is 2.38. The zero-order chi connectivity index (χ0) is 22.4. The Morgan fingerprint density at radius 1 is 1.20 bits per heavy atom. The highest BCUT2D eigenvalue weighted by Gasteiger charge is 2.48. The average Bonchev–Trinajstić information content (AvgIpc) is 2.65. The Kier molecular flexibility index (Phi) is 8.64. The van der Waals surface area contributed by atoms with Crippen LogP contribution in [0.2, 0.25) is 0 Å². The van der Waals surface area contributed by atoms with Gasteiger partial charge in [-0.15, -0.1) is 0 Å². The molecule has 30 heavy (non-hydrogen) atoms. The second-order valence-corrected chi connectivity index (χ2v) is 8.64. The first-order valence-corrected chi connectivity index (χ1v) is 10.6. The van der Waals surface area contributed by atoms with E-state index in [1.54, 1.807) is 13.0 Å². The highest BCUT2D eigenvalue weighted by molar-refractivity contribution is 9.10. The van der Waals surface area contributed by atoms with E-state index in [-0.39, 0.29) is 12.3 Å². The number of hydrogen-bond donors (Lipinski definition) is 0. The van der Waals surface area contributed by atoms with Crippen molar-refractivity contribution in [2.24, 2.45) is 5.92 Å². The van der Waals surface area contributed by atoms with Crippen molar-refractivity contribution >= 4 is 45.6 Å². The molecule has 1 aromatic rings. The third kappa shape index (κ3) is 6.42. The van der Waals surface area contributed by atoms with Crippen LogP contribution in [-0.4, -0.2) is 53.2 Å². The largest absolute Gasteiger partial charge is 0.463 e. The Morgan fingerprint density at radius 3 is 2.40 bits per heavy atom. The second-order valence-electron chi connectivity index (χ2n) is 6.58. The summed E-state index contributed by atoms with van der Waals surface area (Å²) in [5.41, 5.74) is -0.584. The summed E-state index contributed by atoms with van der Waals surface area (Å²) in [6.07, 6.45) is -0.894. The number of nitriles is 1. The van der Waals surface area contributed by atoms with Crippen LogP contribution in [0.4, 0.5) is 0 Å². The Hall–Kier alpha value is -2.16. The molecule has 2 unspecified atom stereocenters. The first kappa shape index (κ1) is 24.1. The number of nitrogens with zero attached hydrogens (tertiary/aromatic N) is 2. The van der Waals surface area contributed by atoms with Gasteiger partial charge in [-0.3, -0.25) is 14.4 Å². The Bertz CT molecular complexity index is 858. The van der Waals surface area contributed by atoms with E-state index in [1.807, 2.05) is 6.07 Å². The summed E-state index contributed by atoms with van der Waals surface area (Å²) < 4.78 is 22.7. The summed E-state index contributed by atoms with van der Waals surface area (Å²) >= 11 is 4.47. The van der Waals surface area contributed by atoms with Crippen LogP contribution in [0, 0.1) is 17.2 Å². The lowest BCUT2D eigenvalue weighted by Crippen LogP contribution is -2.56. The van der Waals surface area contributed by atoms with Gasteiger partial charge in [-0.1, -0.05) is 18.7 Å². The zero-order valence-corrected chi connectivity index (χ0v) is 19.2. The van der Waals surface area contributed by atoms with Crippen LogP contribution in [0.15, 0.2) is 21.6 Å². The molecule has 0 radical (unpaired) electrons. The lowest BCUT2D eigenvalue weighted by Gasteiger charge is -2.43. The third-order valence-corrected chi connectivity index (χ3v) is 5.81.